The Hall–Kier alpha value is -4.51. The van der Waals surface area contributed by atoms with Crippen LogP contribution in [-0.4, -0.2) is 58.2 Å². The van der Waals surface area contributed by atoms with Gasteiger partial charge in [0, 0.05) is 36.1 Å². The molecule has 1 aliphatic rings. The third kappa shape index (κ3) is 5.73. The highest BCUT2D eigenvalue weighted by Crippen LogP contribution is 2.31. The number of aromatic amines is 1. The smallest absolute Gasteiger partial charge is 0.337 e. The molecule has 38 heavy (non-hydrogen) atoms. The number of nitrogens with zero attached hydrogens (tertiary/aromatic N) is 3. The van der Waals surface area contributed by atoms with E-state index in [1.807, 2.05) is 36.4 Å². The van der Waals surface area contributed by atoms with Gasteiger partial charge in [-0.25, -0.2) is 14.6 Å². The van der Waals surface area contributed by atoms with Gasteiger partial charge in [-0.15, -0.1) is 11.3 Å². The van der Waals surface area contributed by atoms with Crippen molar-refractivity contribution in [2.75, 3.05) is 30.8 Å². The van der Waals surface area contributed by atoms with Gasteiger partial charge in [0.1, 0.15) is 5.69 Å². The molecule has 10 nitrogen and oxygen atoms in total. The average Bonchev–Trinajstić information content (AvgIpc) is 3.64. The maximum atomic E-state index is 12.8. The number of H-pyrrole nitrogens is 1. The fourth-order valence-electron chi connectivity index (χ4n) is 4.29. The molecule has 0 bridgehead atoms. The number of likely N-dealkylation sites (tertiary alicyclic amines) is 1. The number of thiazole rings is 1. The number of ether oxygens (including phenoxy) is 1. The number of hydrogen-bond donors (Lipinski definition) is 3. The van der Waals surface area contributed by atoms with Crippen LogP contribution in [0, 0.1) is 0 Å². The van der Waals surface area contributed by atoms with E-state index >= 15 is 0 Å². The number of carbonyl (C=O) groups is 3. The van der Waals surface area contributed by atoms with Crippen molar-refractivity contribution in [3.63, 3.8) is 0 Å². The Kier molecular flexibility index (Phi) is 7.45. The lowest BCUT2D eigenvalue weighted by Crippen LogP contribution is -2.40. The number of urea groups is 1. The molecule has 0 aliphatic carbocycles. The summed E-state index contributed by atoms with van der Waals surface area (Å²) in [7, 11) is 1.31. The number of hydrogen-bond acceptors (Lipinski definition) is 7. The standard InChI is InChI=1S/C27H26N6O4S/c1-37-26(35)19-8-5-9-20(14-19)28-24(34)22-16-38-25(29-22)18-10-12-33(13-11-18)27(36)30-23-15-21(31-32-23)17-6-3-2-4-7-17/h2-9,14-16,18H,10-13H2,1H3,(H,28,34)(H2,30,31,32,36). The second-order valence-corrected chi connectivity index (χ2v) is 9.71. The Bertz CT molecular complexity index is 1440. The van der Waals surface area contributed by atoms with Crippen LogP contribution in [0.5, 0.6) is 0 Å². The lowest BCUT2D eigenvalue weighted by Gasteiger charge is -2.30. The van der Waals surface area contributed by atoms with Gasteiger partial charge in [0.15, 0.2) is 5.82 Å². The first-order valence-electron chi connectivity index (χ1n) is 12.1. The molecule has 194 valence electrons. The number of methoxy groups -OCH3 is 1. The molecule has 0 atom stereocenters. The number of benzene rings is 2. The Balaban J connectivity index is 1.13. The summed E-state index contributed by atoms with van der Waals surface area (Å²) in [5.41, 5.74) is 2.98. The van der Waals surface area contributed by atoms with Gasteiger partial charge in [0.05, 0.1) is 23.4 Å². The summed E-state index contributed by atoms with van der Waals surface area (Å²) in [6.07, 6.45) is 1.50. The van der Waals surface area contributed by atoms with Crippen LogP contribution in [0.3, 0.4) is 0 Å². The highest BCUT2D eigenvalue weighted by molar-refractivity contribution is 7.10. The van der Waals surface area contributed by atoms with Crippen LogP contribution in [0.2, 0.25) is 0 Å². The summed E-state index contributed by atoms with van der Waals surface area (Å²) in [6, 6.07) is 18.0. The zero-order valence-electron chi connectivity index (χ0n) is 20.6. The third-order valence-electron chi connectivity index (χ3n) is 6.33. The number of piperidine rings is 1. The Morgan fingerprint density at radius 2 is 1.82 bits per heavy atom. The number of esters is 1. The van der Waals surface area contributed by atoms with Crippen LogP contribution in [-0.2, 0) is 4.74 Å². The van der Waals surface area contributed by atoms with Gasteiger partial charge in [-0.05, 0) is 36.6 Å². The van der Waals surface area contributed by atoms with Crippen molar-refractivity contribution in [1.29, 1.82) is 0 Å². The van der Waals surface area contributed by atoms with Crippen molar-refractivity contribution in [2.24, 2.45) is 0 Å². The van der Waals surface area contributed by atoms with Crippen molar-refractivity contribution in [3.05, 3.63) is 82.3 Å². The predicted octanol–water partition coefficient (Wildman–Crippen LogP) is 4.98. The highest BCUT2D eigenvalue weighted by atomic mass is 32.1. The number of anilines is 2. The molecule has 3 N–H and O–H groups in total. The van der Waals surface area contributed by atoms with E-state index in [0.717, 1.165) is 29.1 Å². The number of rotatable bonds is 6. The van der Waals surface area contributed by atoms with Crippen LogP contribution < -0.4 is 10.6 Å². The molecule has 11 heteroatoms. The molecule has 3 heterocycles. The van der Waals surface area contributed by atoms with Crippen LogP contribution in [0.4, 0.5) is 16.3 Å². The first kappa shape index (κ1) is 25.2. The summed E-state index contributed by atoms with van der Waals surface area (Å²) in [5.74, 6) is -0.175. The quantitative estimate of drug-likeness (QED) is 0.302. The molecule has 2 aromatic heterocycles. The van der Waals surface area contributed by atoms with Crippen LogP contribution in [0.25, 0.3) is 11.3 Å². The molecule has 2 aromatic carbocycles. The molecule has 3 amide bonds. The summed E-state index contributed by atoms with van der Waals surface area (Å²) in [4.78, 5) is 43.5. The molecule has 1 aliphatic heterocycles. The van der Waals surface area contributed by atoms with Gasteiger partial charge in [-0.3, -0.25) is 15.2 Å². The van der Waals surface area contributed by atoms with Gasteiger partial charge in [0.2, 0.25) is 0 Å². The van der Waals surface area contributed by atoms with Crippen molar-refractivity contribution in [3.8, 4) is 11.3 Å². The minimum absolute atomic E-state index is 0.170. The van der Waals surface area contributed by atoms with Crippen molar-refractivity contribution < 1.29 is 19.1 Å². The average molecular weight is 531 g/mol. The highest BCUT2D eigenvalue weighted by Gasteiger charge is 2.27. The van der Waals surface area contributed by atoms with E-state index in [0.29, 0.717) is 35.9 Å². The van der Waals surface area contributed by atoms with E-state index in [4.69, 9.17) is 4.74 Å². The third-order valence-corrected chi connectivity index (χ3v) is 7.33. The van der Waals surface area contributed by atoms with Gasteiger partial charge < -0.3 is 15.0 Å². The lowest BCUT2D eigenvalue weighted by molar-refractivity contribution is 0.0600. The summed E-state index contributed by atoms with van der Waals surface area (Å²) in [5, 5.41) is 15.4. The van der Waals surface area contributed by atoms with E-state index < -0.39 is 5.97 Å². The summed E-state index contributed by atoms with van der Waals surface area (Å²) < 4.78 is 4.73. The van der Waals surface area contributed by atoms with Crippen molar-refractivity contribution in [2.45, 2.75) is 18.8 Å². The number of nitrogens with one attached hydrogen (secondary N) is 3. The first-order chi connectivity index (χ1) is 18.5. The predicted molar refractivity (Wildman–Crippen MR) is 144 cm³/mol. The molecule has 0 unspecified atom stereocenters. The Labute approximate surface area is 223 Å². The van der Waals surface area contributed by atoms with Gasteiger partial charge >= 0.3 is 12.0 Å². The topological polar surface area (TPSA) is 129 Å². The SMILES string of the molecule is COC(=O)c1cccc(NC(=O)c2csc(C3CCN(C(=O)Nc4cc(-c5ccccc5)[nH]n4)CC3)n2)c1. The Morgan fingerprint density at radius 1 is 1.03 bits per heavy atom. The first-order valence-corrected chi connectivity index (χ1v) is 13.0. The minimum atomic E-state index is -0.474. The number of carbonyl (C=O) groups excluding carboxylic acids is 3. The lowest BCUT2D eigenvalue weighted by atomic mass is 9.98. The maximum Gasteiger partial charge on any atom is 0.337 e. The van der Waals surface area contributed by atoms with E-state index in [1.54, 1.807) is 34.5 Å². The van der Waals surface area contributed by atoms with Crippen molar-refractivity contribution >= 4 is 40.7 Å². The molecule has 0 spiro atoms. The van der Waals surface area contributed by atoms with Gasteiger partial charge in [-0.2, -0.15) is 5.10 Å². The number of aromatic nitrogens is 3. The summed E-state index contributed by atoms with van der Waals surface area (Å²) in [6.45, 7) is 1.15. The number of amides is 3. The van der Waals surface area contributed by atoms with Crippen LogP contribution >= 0.6 is 11.3 Å². The molecule has 1 fully saturated rings. The van der Waals surface area contributed by atoms with E-state index in [-0.39, 0.29) is 17.9 Å². The van der Waals surface area contributed by atoms with E-state index in [2.05, 4.69) is 25.8 Å². The van der Waals surface area contributed by atoms with Gasteiger partial charge in [-0.1, -0.05) is 36.4 Å². The molecule has 5 rings (SSSR count). The minimum Gasteiger partial charge on any atom is -0.465 e. The largest absolute Gasteiger partial charge is 0.465 e. The zero-order chi connectivity index (χ0) is 26.5. The fourth-order valence-corrected chi connectivity index (χ4v) is 5.26. The van der Waals surface area contributed by atoms with Crippen LogP contribution in [0.1, 0.15) is 44.6 Å². The van der Waals surface area contributed by atoms with E-state index in [1.165, 1.54) is 18.4 Å². The van der Waals surface area contributed by atoms with Gasteiger partial charge in [0.25, 0.3) is 5.91 Å². The second-order valence-electron chi connectivity index (χ2n) is 8.82. The molecular formula is C27H26N6O4S. The molecule has 4 aromatic rings. The van der Waals surface area contributed by atoms with Crippen molar-refractivity contribution in [1.82, 2.24) is 20.1 Å². The Morgan fingerprint density at radius 3 is 2.58 bits per heavy atom. The molecule has 0 radical (unpaired) electrons. The normalized spacial score (nSPS) is 13.7. The van der Waals surface area contributed by atoms with E-state index in [9.17, 15) is 14.4 Å². The summed E-state index contributed by atoms with van der Waals surface area (Å²) >= 11 is 1.44. The molecule has 1 saturated heterocycles. The second kappa shape index (κ2) is 11.3. The maximum absolute atomic E-state index is 12.8. The van der Waals surface area contributed by atoms with Crippen LogP contribution in [0.15, 0.2) is 66.0 Å². The molecule has 0 saturated carbocycles. The zero-order valence-corrected chi connectivity index (χ0v) is 21.5. The fraction of sp³-hybridized carbons (Fsp3) is 0.222. The molecular weight excluding hydrogens is 504 g/mol. The monoisotopic (exact) mass is 530 g/mol.